The number of hydrogen-bond donors (Lipinski definition) is 0. The quantitative estimate of drug-likeness (QED) is 0.788. The van der Waals surface area contributed by atoms with Crippen molar-refractivity contribution >= 4 is 12.0 Å². The van der Waals surface area contributed by atoms with Crippen molar-refractivity contribution in [3.63, 3.8) is 0 Å². The van der Waals surface area contributed by atoms with Crippen molar-refractivity contribution in [3.05, 3.63) is 58.4 Å². The van der Waals surface area contributed by atoms with E-state index in [4.69, 9.17) is 0 Å². The molecule has 2 rings (SSSR count). The van der Waals surface area contributed by atoms with Gasteiger partial charge in [-0.05, 0) is 37.6 Å². The minimum atomic E-state index is -4.36. The van der Waals surface area contributed by atoms with Gasteiger partial charge in [-0.3, -0.25) is 9.48 Å². The Balaban J connectivity index is 2.04. The Kier molecular flexibility index (Phi) is 5.35. The number of carbonyl (C=O) groups is 1. The molecule has 0 saturated heterocycles. The summed E-state index contributed by atoms with van der Waals surface area (Å²) in [5.74, 6) is -0.234. The molecule has 0 spiro atoms. The second-order valence-corrected chi connectivity index (χ2v) is 5.93. The molecule has 0 radical (unpaired) electrons. The molecule has 1 amide bonds. The summed E-state index contributed by atoms with van der Waals surface area (Å²) in [5, 5.41) is 4.28. The van der Waals surface area contributed by atoms with Crippen molar-refractivity contribution in [1.29, 1.82) is 0 Å². The monoisotopic (exact) mass is 351 g/mol. The summed E-state index contributed by atoms with van der Waals surface area (Å²) < 4.78 is 39.4. The summed E-state index contributed by atoms with van der Waals surface area (Å²) in [6, 6.07) is 4.80. The van der Waals surface area contributed by atoms with Crippen LogP contribution in [0.15, 0.2) is 30.3 Å². The normalized spacial score (nSPS) is 12.0. The topological polar surface area (TPSA) is 38.1 Å². The summed E-state index contributed by atoms with van der Waals surface area (Å²) >= 11 is 0. The van der Waals surface area contributed by atoms with E-state index >= 15 is 0 Å². The van der Waals surface area contributed by atoms with Gasteiger partial charge in [0.25, 0.3) is 0 Å². The maximum absolute atomic E-state index is 12.6. The number of carbonyl (C=O) groups excluding carboxylic acids is 1. The van der Waals surface area contributed by atoms with Crippen molar-refractivity contribution in [3.8, 4) is 0 Å². The molecule has 134 valence electrons. The van der Waals surface area contributed by atoms with Crippen molar-refractivity contribution in [2.45, 2.75) is 26.6 Å². The van der Waals surface area contributed by atoms with Gasteiger partial charge in [-0.15, -0.1) is 0 Å². The lowest BCUT2D eigenvalue weighted by Crippen LogP contribution is -2.24. The molecule has 1 aromatic carbocycles. The maximum atomic E-state index is 12.6. The van der Waals surface area contributed by atoms with Crippen LogP contribution in [0, 0.1) is 13.8 Å². The second kappa shape index (κ2) is 7.13. The van der Waals surface area contributed by atoms with Crippen molar-refractivity contribution in [1.82, 2.24) is 14.7 Å². The number of rotatable bonds is 4. The average Bonchev–Trinajstić information content (AvgIpc) is 2.77. The number of nitrogens with zero attached hydrogens (tertiary/aromatic N) is 3. The van der Waals surface area contributed by atoms with E-state index < -0.39 is 11.7 Å². The molecular weight excluding hydrogens is 331 g/mol. The lowest BCUT2D eigenvalue weighted by molar-refractivity contribution is -0.137. The average molecular weight is 351 g/mol. The SMILES string of the molecule is Cc1nn(C)c(C)c1/C=C/C(=O)N(C)Cc1ccc(C(F)(F)F)cc1. The number of alkyl halides is 3. The van der Waals surface area contributed by atoms with Crippen LogP contribution in [0.4, 0.5) is 13.2 Å². The molecule has 1 aromatic heterocycles. The van der Waals surface area contributed by atoms with Crippen molar-refractivity contribution in [2.75, 3.05) is 7.05 Å². The Bertz CT molecular complexity index is 789. The second-order valence-electron chi connectivity index (χ2n) is 5.93. The minimum absolute atomic E-state index is 0.228. The first-order valence-electron chi connectivity index (χ1n) is 7.69. The zero-order chi connectivity index (χ0) is 18.8. The van der Waals surface area contributed by atoms with Crippen LogP contribution in [0.2, 0.25) is 0 Å². The van der Waals surface area contributed by atoms with E-state index in [2.05, 4.69) is 5.10 Å². The van der Waals surface area contributed by atoms with E-state index in [0.717, 1.165) is 29.1 Å². The summed E-state index contributed by atoms with van der Waals surface area (Å²) in [6.07, 6.45) is -1.20. The predicted molar refractivity (Wildman–Crippen MR) is 89.6 cm³/mol. The Morgan fingerprint density at radius 2 is 1.84 bits per heavy atom. The lowest BCUT2D eigenvalue weighted by Gasteiger charge is -2.16. The smallest absolute Gasteiger partial charge is 0.338 e. The number of aromatic nitrogens is 2. The first-order chi connectivity index (χ1) is 11.6. The third-order valence-corrected chi connectivity index (χ3v) is 4.03. The van der Waals surface area contributed by atoms with Gasteiger partial charge in [0.1, 0.15) is 0 Å². The molecule has 7 heteroatoms. The van der Waals surface area contributed by atoms with Gasteiger partial charge >= 0.3 is 6.18 Å². The fourth-order valence-electron chi connectivity index (χ4n) is 2.46. The van der Waals surface area contributed by atoms with Gasteiger partial charge < -0.3 is 4.90 Å². The molecule has 2 aromatic rings. The van der Waals surface area contributed by atoms with Gasteiger partial charge in [-0.25, -0.2) is 0 Å². The highest BCUT2D eigenvalue weighted by molar-refractivity contribution is 5.91. The van der Waals surface area contributed by atoms with Crippen LogP contribution in [-0.2, 0) is 24.6 Å². The zero-order valence-corrected chi connectivity index (χ0v) is 14.6. The highest BCUT2D eigenvalue weighted by Gasteiger charge is 2.29. The molecule has 0 N–H and O–H groups in total. The Morgan fingerprint density at radius 1 is 1.24 bits per heavy atom. The third kappa shape index (κ3) is 4.49. The van der Waals surface area contributed by atoms with E-state index in [1.807, 2.05) is 20.9 Å². The zero-order valence-electron chi connectivity index (χ0n) is 14.6. The third-order valence-electron chi connectivity index (χ3n) is 4.03. The number of halogens is 3. The Morgan fingerprint density at radius 3 is 2.32 bits per heavy atom. The first-order valence-corrected chi connectivity index (χ1v) is 7.69. The molecule has 0 aliphatic carbocycles. The molecule has 0 bridgehead atoms. The van der Waals surface area contributed by atoms with E-state index in [-0.39, 0.29) is 12.5 Å². The summed E-state index contributed by atoms with van der Waals surface area (Å²) in [6.45, 7) is 4.01. The number of hydrogen-bond acceptors (Lipinski definition) is 2. The van der Waals surface area contributed by atoms with Crippen LogP contribution >= 0.6 is 0 Å². The van der Waals surface area contributed by atoms with E-state index in [1.165, 1.54) is 23.1 Å². The molecule has 1 heterocycles. The van der Waals surface area contributed by atoms with Gasteiger partial charge in [-0.2, -0.15) is 18.3 Å². The molecule has 0 fully saturated rings. The molecule has 0 saturated carbocycles. The van der Waals surface area contributed by atoms with Gasteiger partial charge in [0.15, 0.2) is 0 Å². The predicted octanol–water partition coefficient (Wildman–Crippen LogP) is 3.73. The largest absolute Gasteiger partial charge is 0.416 e. The number of aryl methyl sites for hydroxylation is 2. The van der Waals surface area contributed by atoms with Gasteiger partial charge in [0.2, 0.25) is 5.91 Å². The summed E-state index contributed by atoms with van der Waals surface area (Å²) in [7, 11) is 3.44. The number of likely N-dealkylation sites (N-methyl/N-ethyl adjacent to an activating group) is 1. The van der Waals surface area contributed by atoms with Crippen molar-refractivity contribution < 1.29 is 18.0 Å². The summed E-state index contributed by atoms with van der Waals surface area (Å²) in [5.41, 5.74) is 2.60. The molecule has 25 heavy (non-hydrogen) atoms. The van der Waals surface area contributed by atoms with Crippen LogP contribution < -0.4 is 0 Å². The van der Waals surface area contributed by atoms with Gasteiger partial charge in [0.05, 0.1) is 11.3 Å². The van der Waals surface area contributed by atoms with E-state index in [0.29, 0.717) is 5.56 Å². The summed E-state index contributed by atoms with van der Waals surface area (Å²) in [4.78, 5) is 13.7. The van der Waals surface area contributed by atoms with Gasteiger partial charge in [-0.1, -0.05) is 12.1 Å². The number of benzene rings is 1. The Hall–Kier alpha value is -2.57. The van der Waals surface area contributed by atoms with Crippen LogP contribution in [0.5, 0.6) is 0 Å². The maximum Gasteiger partial charge on any atom is 0.416 e. The van der Waals surface area contributed by atoms with Crippen LogP contribution in [0.25, 0.3) is 6.08 Å². The van der Waals surface area contributed by atoms with Crippen LogP contribution in [-0.4, -0.2) is 27.6 Å². The van der Waals surface area contributed by atoms with Crippen LogP contribution in [0.1, 0.15) is 28.1 Å². The Labute approximate surface area is 144 Å². The fourth-order valence-corrected chi connectivity index (χ4v) is 2.46. The fraction of sp³-hybridized carbons (Fsp3) is 0.333. The van der Waals surface area contributed by atoms with Crippen molar-refractivity contribution in [2.24, 2.45) is 7.05 Å². The minimum Gasteiger partial charge on any atom is -0.338 e. The van der Waals surface area contributed by atoms with E-state index in [9.17, 15) is 18.0 Å². The molecule has 0 aliphatic rings. The van der Waals surface area contributed by atoms with Gasteiger partial charge in [0, 0.05) is 38.0 Å². The molecular formula is C18H20F3N3O. The molecule has 0 aliphatic heterocycles. The van der Waals surface area contributed by atoms with E-state index in [1.54, 1.807) is 17.8 Å². The highest BCUT2D eigenvalue weighted by atomic mass is 19.4. The first kappa shape index (κ1) is 18.8. The molecule has 0 atom stereocenters. The molecule has 4 nitrogen and oxygen atoms in total. The van der Waals surface area contributed by atoms with Crippen LogP contribution in [0.3, 0.4) is 0 Å². The molecule has 0 unspecified atom stereocenters. The number of amides is 1. The highest BCUT2D eigenvalue weighted by Crippen LogP contribution is 2.29. The lowest BCUT2D eigenvalue weighted by atomic mass is 10.1. The standard InChI is InChI=1S/C18H20F3N3O/c1-12-16(13(2)24(4)22-12)9-10-17(25)23(3)11-14-5-7-15(8-6-14)18(19,20)21/h5-10H,11H2,1-4H3/b10-9+.